The van der Waals surface area contributed by atoms with E-state index in [1.54, 1.807) is 0 Å². The van der Waals surface area contributed by atoms with Crippen LogP contribution in [-0.4, -0.2) is 82.6 Å². The zero-order valence-electron chi connectivity index (χ0n) is 19.1. The van der Waals surface area contributed by atoms with Gasteiger partial charge in [0.1, 0.15) is 0 Å². The third-order valence-electron chi connectivity index (χ3n) is 6.08. The predicted molar refractivity (Wildman–Crippen MR) is 123 cm³/mol. The molecule has 4 atom stereocenters. The van der Waals surface area contributed by atoms with Crippen LogP contribution in [0.4, 0.5) is 4.79 Å². The Morgan fingerprint density at radius 3 is 2.54 bits per heavy atom. The Hall–Kier alpha value is -2.39. The second-order valence-electron chi connectivity index (χ2n) is 8.73. The van der Waals surface area contributed by atoms with Crippen molar-refractivity contribution in [2.45, 2.75) is 80.4 Å². The maximum absolute atomic E-state index is 12.0. The molecule has 0 spiro atoms. The monoisotopic (exact) mass is 534 g/mol. The van der Waals surface area contributed by atoms with E-state index in [4.69, 9.17) is 4.55 Å². The number of amides is 5. The van der Waals surface area contributed by atoms with Gasteiger partial charge in [0.25, 0.3) is 21.9 Å². The number of urea groups is 1. The van der Waals surface area contributed by atoms with Gasteiger partial charge in [-0.3, -0.25) is 18.9 Å². The van der Waals surface area contributed by atoms with Crippen LogP contribution in [0.25, 0.3) is 0 Å². The Balaban J connectivity index is 1.19. The number of hydrogen-bond donors (Lipinski definition) is 4. The molecule has 3 rings (SSSR count). The number of nitrogens with zero attached hydrogens (tertiary/aromatic N) is 1. The van der Waals surface area contributed by atoms with Gasteiger partial charge in [-0.15, -0.1) is 5.06 Å². The van der Waals surface area contributed by atoms with Gasteiger partial charge in [0.05, 0.1) is 18.5 Å². The molecule has 3 aliphatic rings. The van der Waals surface area contributed by atoms with Crippen molar-refractivity contribution in [2.75, 3.05) is 12.3 Å². The van der Waals surface area contributed by atoms with Gasteiger partial charge < -0.3 is 20.8 Å². The Kier molecular flexibility index (Phi) is 9.35. The highest BCUT2D eigenvalue weighted by Crippen LogP contribution is 2.33. The molecule has 0 aromatic carbocycles. The average molecular weight is 535 g/mol. The van der Waals surface area contributed by atoms with Crippen molar-refractivity contribution in [2.24, 2.45) is 0 Å². The van der Waals surface area contributed by atoms with Gasteiger partial charge >= 0.3 is 12.0 Å². The largest absolute Gasteiger partial charge is 0.356 e. The molecule has 5 amide bonds. The maximum atomic E-state index is 12.0. The molecule has 0 aliphatic carbocycles. The SMILES string of the molecule is O=C(CCCC[C@H]1SC[C@H]2NC(=O)N[C@@H]21)NCCCCCC(=O)ON1C(=O)C[C@@H](S(=O)(=O)O)C1=O. The topological polar surface area (TPSA) is 188 Å². The van der Waals surface area contributed by atoms with Crippen LogP contribution in [-0.2, 0) is 34.1 Å². The summed E-state index contributed by atoms with van der Waals surface area (Å²) in [5.41, 5.74) is 0. The fourth-order valence-electron chi connectivity index (χ4n) is 4.22. The van der Waals surface area contributed by atoms with E-state index in [1.807, 2.05) is 11.8 Å². The highest BCUT2D eigenvalue weighted by atomic mass is 32.2. The fourth-order valence-corrected chi connectivity index (χ4v) is 6.47. The number of imide groups is 1. The fraction of sp³-hybridized carbons (Fsp3) is 0.750. The molecule has 3 aliphatic heterocycles. The normalized spacial score (nSPS) is 25.9. The van der Waals surface area contributed by atoms with E-state index in [-0.39, 0.29) is 35.5 Å². The lowest BCUT2D eigenvalue weighted by molar-refractivity contribution is -0.197. The quantitative estimate of drug-likeness (QED) is 0.107. The molecule has 0 unspecified atom stereocenters. The first-order valence-electron chi connectivity index (χ1n) is 11.6. The molecule has 0 aromatic rings. The number of hydrogen-bond acceptors (Lipinski definition) is 9. The van der Waals surface area contributed by atoms with Gasteiger partial charge in [-0.25, -0.2) is 9.59 Å². The zero-order valence-corrected chi connectivity index (χ0v) is 20.7. The van der Waals surface area contributed by atoms with Gasteiger partial charge in [0, 0.05) is 30.4 Å². The van der Waals surface area contributed by atoms with Gasteiger partial charge in [0.2, 0.25) is 5.91 Å². The summed E-state index contributed by atoms with van der Waals surface area (Å²) >= 11 is 1.85. The zero-order chi connectivity index (χ0) is 25.6. The predicted octanol–water partition coefficient (Wildman–Crippen LogP) is -0.138. The first-order valence-corrected chi connectivity index (χ1v) is 14.1. The summed E-state index contributed by atoms with van der Waals surface area (Å²) in [4.78, 5) is 63.3. The molecule has 0 bridgehead atoms. The van der Waals surface area contributed by atoms with E-state index in [1.165, 1.54) is 0 Å². The van der Waals surface area contributed by atoms with Gasteiger partial charge in [-0.05, 0) is 25.7 Å². The minimum absolute atomic E-state index is 0.0448. The van der Waals surface area contributed by atoms with Crippen molar-refractivity contribution in [3.8, 4) is 0 Å². The van der Waals surface area contributed by atoms with Gasteiger partial charge in [-0.1, -0.05) is 12.8 Å². The van der Waals surface area contributed by atoms with Gasteiger partial charge in [0.15, 0.2) is 5.25 Å². The van der Waals surface area contributed by atoms with Crippen LogP contribution < -0.4 is 16.0 Å². The molecule has 196 valence electrons. The van der Waals surface area contributed by atoms with E-state index in [2.05, 4.69) is 20.8 Å². The molecule has 0 aromatic heterocycles. The molecule has 3 saturated heterocycles. The molecular formula is C20H30N4O9S2. The number of rotatable bonds is 13. The molecule has 13 nitrogen and oxygen atoms in total. The highest BCUT2D eigenvalue weighted by Gasteiger charge is 2.48. The Morgan fingerprint density at radius 1 is 1.09 bits per heavy atom. The lowest BCUT2D eigenvalue weighted by atomic mass is 10.0. The Morgan fingerprint density at radius 2 is 1.83 bits per heavy atom. The summed E-state index contributed by atoms with van der Waals surface area (Å²) < 4.78 is 31.1. The van der Waals surface area contributed by atoms with Crippen LogP contribution in [0.15, 0.2) is 0 Å². The van der Waals surface area contributed by atoms with Gasteiger partial charge in [-0.2, -0.15) is 20.2 Å². The summed E-state index contributed by atoms with van der Waals surface area (Å²) in [6.45, 7) is 0.451. The highest BCUT2D eigenvalue weighted by molar-refractivity contribution is 8.00. The molecule has 0 radical (unpaired) electrons. The molecule has 0 saturated carbocycles. The van der Waals surface area contributed by atoms with Crippen molar-refractivity contribution in [1.82, 2.24) is 21.0 Å². The number of fused-ring (bicyclic) bond motifs is 1. The smallest absolute Gasteiger partial charge is 0.333 e. The van der Waals surface area contributed by atoms with Crippen molar-refractivity contribution >= 4 is 51.6 Å². The molecule has 3 fully saturated rings. The Labute approximate surface area is 207 Å². The summed E-state index contributed by atoms with van der Waals surface area (Å²) in [6.07, 6.45) is 3.76. The van der Waals surface area contributed by atoms with E-state index in [9.17, 15) is 32.4 Å². The van der Waals surface area contributed by atoms with Crippen molar-refractivity contribution in [1.29, 1.82) is 0 Å². The lowest BCUT2D eigenvalue weighted by Crippen LogP contribution is -2.36. The number of carbonyl (C=O) groups excluding carboxylic acids is 5. The standard InChI is InChI=1S/C20H30N4O9S2/c25-15(7-4-3-6-13-18-12(11-34-13)22-20(29)23-18)21-9-5-1-2-8-17(27)33-24-16(26)10-14(19(24)28)35(30,31)32/h12-14,18H,1-11H2,(H,21,25)(H2,22,23,29)(H,30,31,32)/t12-,13-,14-,18+/m1/s1. The first kappa shape index (κ1) is 27.2. The Bertz CT molecular complexity index is 958. The maximum Gasteiger partial charge on any atom is 0.333 e. The molecule has 35 heavy (non-hydrogen) atoms. The minimum Gasteiger partial charge on any atom is -0.356 e. The summed E-state index contributed by atoms with van der Waals surface area (Å²) in [5.74, 6) is -2.30. The molecule has 4 N–H and O–H groups in total. The molecule has 3 heterocycles. The van der Waals surface area contributed by atoms with Crippen LogP contribution in [0.1, 0.15) is 57.8 Å². The average Bonchev–Trinajstić information content (AvgIpc) is 3.41. The number of hydroxylamine groups is 2. The van der Waals surface area contributed by atoms with Crippen LogP contribution >= 0.6 is 11.8 Å². The number of thioether (sulfide) groups is 1. The summed E-state index contributed by atoms with van der Waals surface area (Å²) in [6, 6.07) is 0.265. The van der Waals surface area contributed by atoms with E-state index < -0.39 is 39.6 Å². The van der Waals surface area contributed by atoms with Crippen LogP contribution in [0.5, 0.6) is 0 Å². The van der Waals surface area contributed by atoms with Crippen molar-refractivity contribution in [3.05, 3.63) is 0 Å². The van der Waals surface area contributed by atoms with E-state index in [0.29, 0.717) is 37.5 Å². The second kappa shape index (κ2) is 12.0. The molecular weight excluding hydrogens is 504 g/mol. The van der Waals surface area contributed by atoms with E-state index >= 15 is 0 Å². The first-order chi connectivity index (χ1) is 16.6. The van der Waals surface area contributed by atoms with Crippen LogP contribution in [0, 0.1) is 0 Å². The second-order valence-corrected chi connectivity index (χ2v) is 11.6. The number of unbranched alkanes of at least 4 members (excludes halogenated alkanes) is 3. The summed E-state index contributed by atoms with van der Waals surface area (Å²) in [7, 11) is -4.76. The van der Waals surface area contributed by atoms with Crippen molar-refractivity contribution in [3.63, 3.8) is 0 Å². The minimum atomic E-state index is -4.76. The number of carbonyl (C=O) groups is 5. The third-order valence-corrected chi connectivity index (χ3v) is 8.67. The summed E-state index contributed by atoms with van der Waals surface area (Å²) in [5, 5.41) is 7.20. The lowest BCUT2D eigenvalue weighted by Gasteiger charge is -2.16. The van der Waals surface area contributed by atoms with E-state index in [0.717, 1.165) is 25.0 Å². The third kappa shape index (κ3) is 7.54. The van der Waals surface area contributed by atoms with Crippen LogP contribution in [0.3, 0.4) is 0 Å². The number of nitrogens with one attached hydrogen (secondary N) is 3. The van der Waals surface area contributed by atoms with Crippen LogP contribution in [0.2, 0.25) is 0 Å². The van der Waals surface area contributed by atoms with Crippen molar-refractivity contribution < 1.29 is 41.8 Å². The molecule has 15 heteroatoms.